The number of alkyl halides is 3. The Labute approximate surface area is 174 Å². The molecule has 0 radical (unpaired) electrons. The topological polar surface area (TPSA) is 73.2 Å². The first-order valence-corrected chi connectivity index (χ1v) is 9.96. The number of nitrogens with zero attached hydrogens (tertiary/aromatic N) is 2. The lowest BCUT2D eigenvalue weighted by atomic mass is 10.2. The van der Waals surface area contributed by atoms with Crippen LogP contribution in [0.1, 0.15) is 22.4 Å². The minimum absolute atomic E-state index is 0.0992. The second-order valence-electron chi connectivity index (χ2n) is 6.78. The third-order valence-corrected chi connectivity index (χ3v) is 5.67. The van der Waals surface area contributed by atoms with E-state index in [-0.39, 0.29) is 36.7 Å². The summed E-state index contributed by atoms with van der Waals surface area (Å²) in [4.78, 5) is 30.8. The molecule has 1 N–H and O–H groups in total. The number of carbonyl (C=O) groups excluding carboxylic acids is 1. The molecule has 3 rings (SSSR count). The highest BCUT2D eigenvalue weighted by atomic mass is 32.1. The zero-order valence-corrected chi connectivity index (χ0v) is 17.2. The summed E-state index contributed by atoms with van der Waals surface area (Å²) < 4.78 is 42.5. The summed E-state index contributed by atoms with van der Waals surface area (Å²) in [6, 6.07) is 5.99. The van der Waals surface area contributed by atoms with E-state index in [4.69, 9.17) is 0 Å². The molecular formula is C20H20F3N3O3S. The van der Waals surface area contributed by atoms with Crippen LogP contribution in [0.5, 0.6) is 5.75 Å². The van der Waals surface area contributed by atoms with E-state index in [1.54, 1.807) is 12.1 Å². The van der Waals surface area contributed by atoms with Crippen LogP contribution in [0.15, 0.2) is 35.4 Å². The number of rotatable bonds is 7. The van der Waals surface area contributed by atoms with Gasteiger partial charge in [0.2, 0.25) is 5.91 Å². The standard InChI is InChI=1S/C20H20F3N3O3S/c1-12-13(2)30-18-17(12)19(28)26(11-25-18)8-7-16(27)24-9-14-3-5-15(6-4-14)29-10-20(21,22)23/h3-6,11H,7-10H2,1-2H3,(H,24,27). The predicted octanol–water partition coefficient (Wildman–Crippen LogP) is 3.72. The smallest absolute Gasteiger partial charge is 0.422 e. The van der Waals surface area contributed by atoms with Gasteiger partial charge in [0.15, 0.2) is 6.61 Å². The number of ether oxygens (including phenoxy) is 1. The Morgan fingerprint density at radius 3 is 2.60 bits per heavy atom. The lowest BCUT2D eigenvalue weighted by Gasteiger charge is -2.10. The molecule has 3 aromatic rings. The van der Waals surface area contributed by atoms with Gasteiger partial charge >= 0.3 is 6.18 Å². The van der Waals surface area contributed by atoms with Gasteiger partial charge in [-0.1, -0.05) is 12.1 Å². The lowest BCUT2D eigenvalue weighted by Crippen LogP contribution is -2.27. The van der Waals surface area contributed by atoms with Gasteiger partial charge in [-0.05, 0) is 37.1 Å². The van der Waals surface area contributed by atoms with Crippen molar-refractivity contribution in [2.45, 2.75) is 39.5 Å². The zero-order chi connectivity index (χ0) is 21.9. The van der Waals surface area contributed by atoms with Crippen molar-refractivity contribution in [3.8, 4) is 5.75 Å². The first-order chi connectivity index (χ1) is 14.1. The number of thiophene rings is 1. The van der Waals surface area contributed by atoms with Gasteiger partial charge in [-0.15, -0.1) is 11.3 Å². The van der Waals surface area contributed by atoms with E-state index in [0.717, 1.165) is 10.4 Å². The van der Waals surface area contributed by atoms with Crippen LogP contribution in [-0.2, 0) is 17.9 Å². The van der Waals surface area contributed by atoms with E-state index >= 15 is 0 Å². The van der Waals surface area contributed by atoms with E-state index in [2.05, 4.69) is 15.0 Å². The number of amides is 1. The second kappa shape index (κ2) is 8.86. The minimum Gasteiger partial charge on any atom is -0.484 e. The highest BCUT2D eigenvalue weighted by Crippen LogP contribution is 2.25. The number of hydrogen-bond acceptors (Lipinski definition) is 5. The normalized spacial score (nSPS) is 11.6. The Morgan fingerprint density at radius 2 is 1.93 bits per heavy atom. The van der Waals surface area contributed by atoms with E-state index in [9.17, 15) is 22.8 Å². The fourth-order valence-electron chi connectivity index (χ4n) is 2.81. The molecule has 30 heavy (non-hydrogen) atoms. The van der Waals surface area contributed by atoms with E-state index in [1.807, 2.05) is 13.8 Å². The third kappa shape index (κ3) is 5.38. The van der Waals surface area contributed by atoms with Crippen molar-refractivity contribution < 1.29 is 22.7 Å². The van der Waals surface area contributed by atoms with Crippen molar-refractivity contribution in [1.82, 2.24) is 14.9 Å². The predicted molar refractivity (Wildman–Crippen MR) is 108 cm³/mol. The average Bonchev–Trinajstić information content (AvgIpc) is 2.99. The average molecular weight is 439 g/mol. The molecule has 0 unspecified atom stereocenters. The number of aryl methyl sites for hydroxylation is 3. The molecule has 2 aromatic heterocycles. The quantitative estimate of drug-likeness (QED) is 0.609. The Balaban J connectivity index is 1.52. The van der Waals surface area contributed by atoms with E-state index in [1.165, 1.54) is 34.4 Å². The molecule has 0 fully saturated rings. The van der Waals surface area contributed by atoms with Crippen LogP contribution in [0, 0.1) is 13.8 Å². The van der Waals surface area contributed by atoms with Gasteiger partial charge in [0.25, 0.3) is 5.56 Å². The number of nitrogens with one attached hydrogen (secondary N) is 1. The van der Waals surface area contributed by atoms with Gasteiger partial charge < -0.3 is 10.1 Å². The lowest BCUT2D eigenvalue weighted by molar-refractivity contribution is -0.153. The van der Waals surface area contributed by atoms with Crippen LogP contribution in [0.25, 0.3) is 10.2 Å². The molecule has 0 saturated heterocycles. The van der Waals surface area contributed by atoms with Crippen molar-refractivity contribution in [1.29, 1.82) is 0 Å². The van der Waals surface area contributed by atoms with Gasteiger partial charge in [0, 0.05) is 24.4 Å². The molecule has 0 aliphatic rings. The summed E-state index contributed by atoms with van der Waals surface area (Å²) in [5, 5.41) is 3.31. The molecule has 0 atom stereocenters. The summed E-state index contributed by atoms with van der Waals surface area (Å²) in [5.74, 6) is -0.152. The largest absolute Gasteiger partial charge is 0.484 e. The van der Waals surface area contributed by atoms with Crippen LogP contribution in [0.4, 0.5) is 13.2 Å². The Hall–Kier alpha value is -2.88. The maximum Gasteiger partial charge on any atom is 0.422 e. The van der Waals surface area contributed by atoms with Crippen LogP contribution < -0.4 is 15.6 Å². The number of hydrogen-bond donors (Lipinski definition) is 1. The first-order valence-electron chi connectivity index (χ1n) is 9.14. The number of halogens is 3. The van der Waals surface area contributed by atoms with Crippen molar-refractivity contribution in [3.05, 3.63) is 57.0 Å². The summed E-state index contributed by atoms with van der Waals surface area (Å²) in [5.41, 5.74) is 1.46. The van der Waals surface area contributed by atoms with Gasteiger partial charge in [-0.25, -0.2) is 4.98 Å². The number of carbonyl (C=O) groups is 1. The van der Waals surface area contributed by atoms with Crippen LogP contribution in [-0.4, -0.2) is 28.2 Å². The van der Waals surface area contributed by atoms with Gasteiger partial charge in [-0.3, -0.25) is 14.2 Å². The molecule has 0 aliphatic carbocycles. The molecule has 0 saturated carbocycles. The van der Waals surface area contributed by atoms with Crippen molar-refractivity contribution >= 4 is 27.5 Å². The summed E-state index contributed by atoms with van der Waals surface area (Å²) >= 11 is 1.47. The molecule has 1 aromatic carbocycles. The molecule has 0 bridgehead atoms. The minimum atomic E-state index is -4.39. The highest BCUT2D eigenvalue weighted by molar-refractivity contribution is 7.18. The molecule has 0 aliphatic heterocycles. The molecule has 6 nitrogen and oxygen atoms in total. The highest BCUT2D eigenvalue weighted by Gasteiger charge is 2.28. The second-order valence-corrected chi connectivity index (χ2v) is 7.98. The number of fused-ring (bicyclic) bond motifs is 1. The SMILES string of the molecule is Cc1sc2ncn(CCC(=O)NCc3ccc(OCC(F)(F)F)cc3)c(=O)c2c1C. The molecule has 0 spiro atoms. The van der Waals surface area contributed by atoms with Gasteiger partial charge in [0.05, 0.1) is 11.7 Å². The fourth-order valence-corrected chi connectivity index (χ4v) is 3.80. The zero-order valence-electron chi connectivity index (χ0n) is 16.4. The molecule has 1 amide bonds. The van der Waals surface area contributed by atoms with Crippen molar-refractivity contribution in [2.24, 2.45) is 0 Å². The molecule has 160 valence electrons. The Kier molecular flexibility index (Phi) is 6.45. The van der Waals surface area contributed by atoms with Crippen LogP contribution in [0.2, 0.25) is 0 Å². The van der Waals surface area contributed by atoms with Gasteiger partial charge in [-0.2, -0.15) is 13.2 Å². The fraction of sp³-hybridized carbons (Fsp3) is 0.350. The maximum atomic E-state index is 12.6. The third-order valence-electron chi connectivity index (χ3n) is 4.55. The van der Waals surface area contributed by atoms with E-state index in [0.29, 0.717) is 15.8 Å². The Bertz CT molecular complexity index is 1100. The first kappa shape index (κ1) is 21.8. The summed E-state index contributed by atoms with van der Waals surface area (Å²) in [6.07, 6.45) is -2.84. The summed E-state index contributed by atoms with van der Waals surface area (Å²) in [6.45, 7) is 2.88. The van der Waals surface area contributed by atoms with Gasteiger partial charge in [0.1, 0.15) is 10.6 Å². The van der Waals surface area contributed by atoms with Crippen LogP contribution >= 0.6 is 11.3 Å². The Morgan fingerprint density at radius 1 is 1.23 bits per heavy atom. The monoisotopic (exact) mass is 439 g/mol. The van der Waals surface area contributed by atoms with Crippen molar-refractivity contribution in [3.63, 3.8) is 0 Å². The number of aromatic nitrogens is 2. The molecule has 2 heterocycles. The maximum absolute atomic E-state index is 12.6. The molecular weight excluding hydrogens is 419 g/mol. The van der Waals surface area contributed by atoms with E-state index < -0.39 is 12.8 Å². The van der Waals surface area contributed by atoms with Crippen molar-refractivity contribution in [2.75, 3.05) is 6.61 Å². The summed E-state index contributed by atoms with van der Waals surface area (Å²) in [7, 11) is 0. The molecule has 10 heteroatoms. The van der Waals surface area contributed by atoms with Crippen LogP contribution in [0.3, 0.4) is 0 Å². The number of benzene rings is 1.